The molecule has 0 aliphatic carbocycles. The maximum atomic E-state index is 11.4. The first-order chi connectivity index (χ1) is 7.15. The number of rotatable bonds is 5. The average molecular weight is 212 g/mol. The fourth-order valence-corrected chi connectivity index (χ4v) is 1.14. The van der Waals surface area contributed by atoms with Crippen LogP contribution < -0.4 is 11.1 Å². The summed E-state index contributed by atoms with van der Waals surface area (Å²) in [4.78, 5) is 11.4. The molecular weight excluding hydrogens is 196 g/mol. The molecule has 0 fully saturated rings. The Balaban J connectivity index is 2.37. The molecule has 0 aliphatic rings. The van der Waals surface area contributed by atoms with E-state index in [1.54, 1.807) is 10.9 Å². The van der Waals surface area contributed by atoms with Crippen LogP contribution in [-0.4, -0.2) is 35.4 Å². The standard InChI is InChI=1S/C9H16N4O2/c1-13-7(3-4-12-13)5-11-9(14)8(10)6-15-2/h3-4,8H,5-6,10H2,1-2H3,(H,11,14). The molecule has 0 bridgehead atoms. The molecule has 1 atom stereocenters. The summed E-state index contributed by atoms with van der Waals surface area (Å²) < 4.78 is 6.48. The summed E-state index contributed by atoms with van der Waals surface area (Å²) in [5, 5.41) is 6.69. The van der Waals surface area contributed by atoms with Crippen molar-refractivity contribution in [3.63, 3.8) is 0 Å². The first-order valence-electron chi connectivity index (χ1n) is 4.64. The largest absolute Gasteiger partial charge is 0.383 e. The van der Waals surface area contributed by atoms with Crippen molar-refractivity contribution in [1.82, 2.24) is 15.1 Å². The molecule has 0 saturated carbocycles. The Hall–Kier alpha value is -1.40. The average Bonchev–Trinajstić information content (AvgIpc) is 2.61. The molecule has 6 heteroatoms. The van der Waals surface area contributed by atoms with Crippen molar-refractivity contribution in [2.24, 2.45) is 12.8 Å². The van der Waals surface area contributed by atoms with Crippen molar-refractivity contribution in [2.45, 2.75) is 12.6 Å². The fraction of sp³-hybridized carbons (Fsp3) is 0.556. The Morgan fingerprint density at radius 3 is 3.07 bits per heavy atom. The van der Waals surface area contributed by atoms with Crippen LogP contribution in [0.2, 0.25) is 0 Å². The summed E-state index contributed by atoms with van der Waals surface area (Å²) in [6, 6.07) is 1.21. The molecule has 15 heavy (non-hydrogen) atoms. The predicted octanol–water partition coefficient (Wildman–Crippen LogP) is -0.990. The van der Waals surface area contributed by atoms with Crippen molar-refractivity contribution in [3.8, 4) is 0 Å². The number of nitrogens with zero attached hydrogens (tertiary/aromatic N) is 2. The Morgan fingerprint density at radius 1 is 1.80 bits per heavy atom. The Morgan fingerprint density at radius 2 is 2.53 bits per heavy atom. The van der Waals surface area contributed by atoms with E-state index < -0.39 is 6.04 Å². The molecule has 1 aromatic heterocycles. The van der Waals surface area contributed by atoms with Crippen molar-refractivity contribution < 1.29 is 9.53 Å². The van der Waals surface area contributed by atoms with E-state index in [2.05, 4.69) is 10.4 Å². The molecule has 0 aromatic carbocycles. The van der Waals surface area contributed by atoms with Crippen LogP contribution in [0, 0.1) is 0 Å². The zero-order valence-electron chi connectivity index (χ0n) is 8.93. The lowest BCUT2D eigenvalue weighted by Gasteiger charge is -2.10. The third kappa shape index (κ3) is 3.34. The van der Waals surface area contributed by atoms with Crippen LogP contribution in [0.5, 0.6) is 0 Å². The number of nitrogens with two attached hydrogens (primary N) is 1. The minimum atomic E-state index is -0.622. The molecule has 1 aromatic rings. The van der Waals surface area contributed by atoms with Gasteiger partial charge >= 0.3 is 0 Å². The minimum absolute atomic E-state index is 0.219. The monoisotopic (exact) mass is 212 g/mol. The van der Waals surface area contributed by atoms with Gasteiger partial charge in [-0.2, -0.15) is 5.10 Å². The number of carbonyl (C=O) groups is 1. The second-order valence-corrected chi connectivity index (χ2v) is 3.23. The Kier molecular flexibility index (Phi) is 4.26. The number of hydrogen-bond acceptors (Lipinski definition) is 4. The van der Waals surface area contributed by atoms with E-state index in [4.69, 9.17) is 10.5 Å². The zero-order chi connectivity index (χ0) is 11.3. The van der Waals surface area contributed by atoms with Gasteiger partial charge in [-0.25, -0.2) is 0 Å². The van der Waals surface area contributed by atoms with Gasteiger partial charge in [0.05, 0.1) is 18.8 Å². The summed E-state index contributed by atoms with van der Waals surface area (Å²) in [7, 11) is 3.32. The molecule has 3 N–H and O–H groups in total. The third-order valence-electron chi connectivity index (χ3n) is 2.05. The molecule has 0 saturated heterocycles. The van der Waals surface area contributed by atoms with Crippen molar-refractivity contribution >= 4 is 5.91 Å². The molecule has 1 amide bonds. The predicted molar refractivity (Wildman–Crippen MR) is 54.9 cm³/mol. The SMILES string of the molecule is COCC(N)C(=O)NCc1ccnn1C. The van der Waals surface area contributed by atoms with Crippen LogP contribution in [0.15, 0.2) is 12.3 Å². The van der Waals surface area contributed by atoms with Gasteiger partial charge in [0.15, 0.2) is 0 Å². The Labute approximate surface area is 88.4 Å². The van der Waals surface area contributed by atoms with E-state index in [1.165, 1.54) is 7.11 Å². The summed E-state index contributed by atoms with van der Waals surface area (Å²) in [5.41, 5.74) is 6.47. The smallest absolute Gasteiger partial charge is 0.239 e. The van der Waals surface area contributed by atoms with Crippen LogP contribution in [0.25, 0.3) is 0 Å². The topological polar surface area (TPSA) is 82.2 Å². The van der Waals surface area contributed by atoms with E-state index in [1.807, 2.05) is 13.1 Å². The molecule has 0 radical (unpaired) electrons. The van der Waals surface area contributed by atoms with Gasteiger partial charge in [0.25, 0.3) is 0 Å². The zero-order valence-corrected chi connectivity index (χ0v) is 8.93. The maximum absolute atomic E-state index is 11.4. The van der Waals surface area contributed by atoms with Gasteiger partial charge in [0.1, 0.15) is 6.04 Å². The first kappa shape index (κ1) is 11.7. The molecule has 0 spiro atoms. The number of carbonyl (C=O) groups excluding carboxylic acids is 1. The van der Waals surface area contributed by atoms with E-state index in [9.17, 15) is 4.79 Å². The van der Waals surface area contributed by atoms with Crippen LogP contribution in [0.4, 0.5) is 0 Å². The van der Waals surface area contributed by atoms with Crippen molar-refractivity contribution in [1.29, 1.82) is 0 Å². The highest BCUT2D eigenvalue weighted by Gasteiger charge is 2.12. The van der Waals surface area contributed by atoms with Gasteiger partial charge in [-0.15, -0.1) is 0 Å². The number of ether oxygens (including phenoxy) is 1. The second-order valence-electron chi connectivity index (χ2n) is 3.23. The third-order valence-corrected chi connectivity index (χ3v) is 2.05. The number of hydrogen-bond donors (Lipinski definition) is 2. The van der Waals surface area contributed by atoms with Gasteiger partial charge in [0, 0.05) is 20.4 Å². The highest BCUT2D eigenvalue weighted by molar-refractivity contribution is 5.81. The fourth-order valence-electron chi connectivity index (χ4n) is 1.14. The van der Waals surface area contributed by atoms with Crippen molar-refractivity contribution in [2.75, 3.05) is 13.7 Å². The molecule has 1 unspecified atom stereocenters. The minimum Gasteiger partial charge on any atom is -0.383 e. The lowest BCUT2D eigenvalue weighted by molar-refractivity contribution is -0.123. The number of amides is 1. The van der Waals surface area contributed by atoms with Gasteiger partial charge < -0.3 is 15.8 Å². The quantitative estimate of drug-likeness (QED) is 0.656. The van der Waals surface area contributed by atoms with E-state index in [-0.39, 0.29) is 12.5 Å². The number of nitrogens with one attached hydrogen (secondary N) is 1. The molecule has 1 heterocycles. The number of aromatic nitrogens is 2. The van der Waals surface area contributed by atoms with Crippen LogP contribution >= 0.6 is 0 Å². The van der Waals surface area contributed by atoms with Gasteiger partial charge in [0.2, 0.25) is 5.91 Å². The van der Waals surface area contributed by atoms with E-state index in [0.717, 1.165) is 5.69 Å². The number of aryl methyl sites for hydroxylation is 1. The molecule has 84 valence electrons. The lowest BCUT2D eigenvalue weighted by Crippen LogP contribution is -2.43. The van der Waals surface area contributed by atoms with Crippen LogP contribution in [-0.2, 0) is 23.1 Å². The normalized spacial score (nSPS) is 12.5. The summed E-state index contributed by atoms with van der Waals surface area (Å²) in [6.45, 7) is 0.643. The van der Waals surface area contributed by atoms with Gasteiger partial charge in [-0.3, -0.25) is 9.48 Å². The van der Waals surface area contributed by atoms with Gasteiger partial charge in [-0.05, 0) is 6.07 Å². The van der Waals surface area contributed by atoms with Crippen LogP contribution in [0.3, 0.4) is 0 Å². The number of methoxy groups -OCH3 is 1. The highest BCUT2D eigenvalue weighted by Crippen LogP contribution is 1.95. The second kappa shape index (κ2) is 5.47. The Bertz CT molecular complexity index is 324. The van der Waals surface area contributed by atoms with Gasteiger partial charge in [-0.1, -0.05) is 0 Å². The molecular formula is C9H16N4O2. The maximum Gasteiger partial charge on any atom is 0.239 e. The van der Waals surface area contributed by atoms with Crippen molar-refractivity contribution in [3.05, 3.63) is 18.0 Å². The first-order valence-corrected chi connectivity index (χ1v) is 4.64. The lowest BCUT2D eigenvalue weighted by atomic mass is 10.3. The summed E-state index contributed by atoms with van der Waals surface area (Å²) >= 11 is 0. The summed E-state index contributed by atoms with van der Waals surface area (Å²) in [6.07, 6.45) is 1.68. The molecule has 1 rings (SSSR count). The van der Waals surface area contributed by atoms with E-state index in [0.29, 0.717) is 6.54 Å². The van der Waals surface area contributed by atoms with E-state index >= 15 is 0 Å². The molecule has 6 nitrogen and oxygen atoms in total. The summed E-state index contributed by atoms with van der Waals surface area (Å²) in [5.74, 6) is -0.224. The highest BCUT2D eigenvalue weighted by atomic mass is 16.5. The molecule has 0 aliphatic heterocycles. The van der Waals surface area contributed by atoms with Crippen LogP contribution in [0.1, 0.15) is 5.69 Å².